The first kappa shape index (κ1) is 19.7. The van der Waals surface area contributed by atoms with Crippen LogP contribution >= 0.6 is 0 Å². The number of aryl methyl sites for hydroxylation is 1. The molecule has 1 spiro atoms. The van der Waals surface area contributed by atoms with Gasteiger partial charge in [0.25, 0.3) is 0 Å². The minimum absolute atomic E-state index is 0.0248. The van der Waals surface area contributed by atoms with Crippen molar-refractivity contribution in [3.63, 3.8) is 0 Å². The lowest BCUT2D eigenvalue weighted by molar-refractivity contribution is -0.139. The van der Waals surface area contributed by atoms with Crippen molar-refractivity contribution in [2.45, 2.75) is 39.2 Å². The molecule has 29 heavy (non-hydrogen) atoms. The minimum Gasteiger partial charge on any atom is -0.395 e. The molecule has 2 aliphatic heterocycles. The molecule has 2 aromatic rings. The van der Waals surface area contributed by atoms with E-state index >= 15 is 0 Å². The third-order valence-corrected chi connectivity index (χ3v) is 6.16. The van der Waals surface area contributed by atoms with Gasteiger partial charge in [0.1, 0.15) is 5.82 Å². The largest absolute Gasteiger partial charge is 0.395 e. The molecular weight excluding hydrogens is 370 g/mol. The summed E-state index contributed by atoms with van der Waals surface area (Å²) >= 11 is 0. The molecule has 3 heterocycles. The summed E-state index contributed by atoms with van der Waals surface area (Å²) in [6, 6.07) is 5.95. The van der Waals surface area contributed by atoms with Gasteiger partial charge in [0, 0.05) is 38.0 Å². The Morgan fingerprint density at radius 2 is 2.21 bits per heavy atom. The van der Waals surface area contributed by atoms with Crippen LogP contribution in [0.2, 0.25) is 0 Å². The van der Waals surface area contributed by atoms with Crippen molar-refractivity contribution in [1.82, 2.24) is 25.1 Å². The van der Waals surface area contributed by atoms with Crippen molar-refractivity contribution < 1.29 is 14.7 Å². The summed E-state index contributed by atoms with van der Waals surface area (Å²) in [6.07, 6.45) is 3.24. The van der Waals surface area contributed by atoms with E-state index in [4.69, 9.17) is 0 Å². The molecule has 2 fully saturated rings. The Labute approximate surface area is 170 Å². The van der Waals surface area contributed by atoms with Gasteiger partial charge in [0.2, 0.25) is 5.91 Å². The van der Waals surface area contributed by atoms with E-state index in [1.54, 1.807) is 4.90 Å². The van der Waals surface area contributed by atoms with E-state index < -0.39 is 0 Å². The van der Waals surface area contributed by atoms with Crippen LogP contribution in [0, 0.1) is 12.3 Å². The van der Waals surface area contributed by atoms with Gasteiger partial charge in [-0.25, -0.2) is 9.78 Å². The number of piperidine rings is 2. The first-order valence-electron chi connectivity index (χ1n) is 10.3. The van der Waals surface area contributed by atoms with Crippen molar-refractivity contribution in [3.05, 3.63) is 29.6 Å². The number of benzene rings is 1. The molecule has 1 aromatic carbocycles. The molecule has 2 aliphatic rings. The molecule has 2 saturated heterocycles. The van der Waals surface area contributed by atoms with Gasteiger partial charge >= 0.3 is 6.03 Å². The summed E-state index contributed by atoms with van der Waals surface area (Å²) < 4.78 is 0. The van der Waals surface area contributed by atoms with E-state index in [9.17, 15) is 14.7 Å². The zero-order valence-corrected chi connectivity index (χ0v) is 16.9. The summed E-state index contributed by atoms with van der Waals surface area (Å²) in [7, 11) is 0. The van der Waals surface area contributed by atoms with Crippen molar-refractivity contribution in [3.8, 4) is 0 Å². The van der Waals surface area contributed by atoms with Gasteiger partial charge in [-0.05, 0) is 43.9 Å². The lowest BCUT2D eigenvalue weighted by Gasteiger charge is -2.48. The van der Waals surface area contributed by atoms with E-state index in [2.05, 4.69) is 15.3 Å². The summed E-state index contributed by atoms with van der Waals surface area (Å²) in [5.74, 6) is 0.842. The molecule has 0 radical (unpaired) electrons. The Balaban J connectivity index is 1.37. The Kier molecular flexibility index (Phi) is 5.45. The second-order valence-electron chi connectivity index (χ2n) is 8.43. The SMILES string of the molecule is Cc1ccc2nc(CNC(=O)N3CCCC4(CCC(=O)N(CCO)C4)C3)[nH]c2c1. The van der Waals surface area contributed by atoms with Gasteiger partial charge in [-0.2, -0.15) is 0 Å². The first-order chi connectivity index (χ1) is 14.0. The number of rotatable bonds is 4. The number of carbonyl (C=O) groups excluding carboxylic acids is 2. The van der Waals surface area contributed by atoms with E-state index in [0.29, 0.717) is 32.6 Å². The van der Waals surface area contributed by atoms with E-state index in [1.807, 2.05) is 30.0 Å². The van der Waals surface area contributed by atoms with Crippen LogP contribution in [0.3, 0.4) is 0 Å². The van der Waals surface area contributed by atoms with E-state index in [1.165, 1.54) is 0 Å². The van der Waals surface area contributed by atoms with Gasteiger partial charge in [-0.3, -0.25) is 4.79 Å². The number of nitrogens with zero attached hydrogens (tertiary/aromatic N) is 3. The van der Waals surface area contributed by atoms with Gasteiger partial charge in [-0.1, -0.05) is 6.07 Å². The molecule has 3 amide bonds. The van der Waals surface area contributed by atoms with Crippen LogP contribution in [-0.4, -0.2) is 69.6 Å². The highest BCUT2D eigenvalue weighted by atomic mass is 16.3. The van der Waals surface area contributed by atoms with E-state index in [0.717, 1.165) is 48.2 Å². The van der Waals surface area contributed by atoms with E-state index in [-0.39, 0.29) is 24.0 Å². The quantitative estimate of drug-likeness (QED) is 0.729. The highest BCUT2D eigenvalue weighted by Gasteiger charge is 2.42. The first-order valence-corrected chi connectivity index (χ1v) is 10.3. The maximum Gasteiger partial charge on any atom is 0.317 e. The number of hydrogen-bond acceptors (Lipinski definition) is 4. The normalized spacial score (nSPS) is 22.5. The van der Waals surface area contributed by atoms with Crippen LogP contribution in [0.5, 0.6) is 0 Å². The average Bonchev–Trinajstić information content (AvgIpc) is 3.11. The predicted octanol–water partition coefficient (Wildman–Crippen LogP) is 1.78. The fraction of sp³-hybridized carbons (Fsp3) is 0.571. The average molecular weight is 399 g/mol. The van der Waals surface area contributed by atoms with Gasteiger partial charge in [0.05, 0.1) is 24.2 Å². The molecular formula is C21H29N5O3. The smallest absolute Gasteiger partial charge is 0.317 e. The topological polar surface area (TPSA) is 102 Å². The van der Waals surface area contributed by atoms with Crippen molar-refractivity contribution in [2.24, 2.45) is 5.41 Å². The molecule has 4 rings (SSSR count). The molecule has 0 bridgehead atoms. The summed E-state index contributed by atoms with van der Waals surface area (Å²) in [4.78, 5) is 36.3. The summed E-state index contributed by atoms with van der Waals surface area (Å²) in [5, 5.41) is 12.2. The number of urea groups is 1. The molecule has 8 heteroatoms. The zero-order valence-electron chi connectivity index (χ0n) is 16.9. The number of amides is 3. The summed E-state index contributed by atoms with van der Waals surface area (Å²) in [5.41, 5.74) is 2.97. The molecule has 8 nitrogen and oxygen atoms in total. The molecule has 0 saturated carbocycles. The van der Waals surface area contributed by atoms with Crippen LogP contribution in [0.15, 0.2) is 18.2 Å². The molecule has 3 N–H and O–H groups in total. The summed E-state index contributed by atoms with van der Waals surface area (Å²) in [6.45, 7) is 4.73. The highest BCUT2D eigenvalue weighted by Crippen LogP contribution is 2.38. The number of hydrogen-bond donors (Lipinski definition) is 3. The van der Waals surface area contributed by atoms with Crippen LogP contribution in [-0.2, 0) is 11.3 Å². The number of aromatic amines is 1. The standard InChI is InChI=1S/C21H29N5O3/c1-15-3-4-16-17(11-15)24-18(23-16)12-22-20(29)26-8-2-6-21(14-26)7-5-19(28)25(13-21)9-10-27/h3-4,11,27H,2,5-10,12-14H2,1H3,(H,22,29)(H,23,24). The van der Waals surface area contributed by atoms with Crippen LogP contribution < -0.4 is 5.32 Å². The number of aliphatic hydroxyl groups excluding tert-OH is 1. The number of fused-ring (bicyclic) bond motifs is 1. The van der Waals surface area contributed by atoms with Crippen LogP contribution in [0.4, 0.5) is 4.79 Å². The van der Waals surface area contributed by atoms with Gasteiger partial charge in [0.15, 0.2) is 0 Å². The number of carbonyl (C=O) groups is 2. The number of aromatic nitrogens is 2. The highest BCUT2D eigenvalue weighted by molar-refractivity contribution is 5.78. The number of aliphatic hydroxyl groups is 1. The fourth-order valence-electron chi connectivity index (χ4n) is 4.67. The second-order valence-corrected chi connectivity index (χ2v) is 8.43. The number of nitrogens with one attached hydrogen (secondary N) is 2. The Hall–Kier alpha value is -2.61. The lowest BCUT2D eigenvalue weighted by atomic mass is 9.73. The predicted molar refractivity (Wildman–Crippen MR) is 109 cm³/mol. The van der Waals surface area contributed by atoms with Crippen LogP contribution in [0.1, 0.15) is 37.1 Å². The van der Waals surface area contributed by atoms with Gasteiger partial charge in [-0.15, -0.1) is 0 Å². The lowest BCUT2D eigenvalue weighted by Crippen LogP contribution is -2.56. The van der Waals surface area contributed by atoms with Crippen LogP contribution in [0.25, 0.3) is 11.0 Å². The van der Waals surface area contributed by atoms with Crippen molar-refractivity contribution in [1.29, 1.82) is 0 Å². The maximum atomic E-state index is 12.8. The maximum absolute atomic E-state index is 12.8. The molecule has 1 aromatic heterocycles. The van der Waals surface area contributed by atoms with Crippen molar-refractivity contribution in [2.75, 3.05) is 32.8 Å². The number of H-pyrrole nitrogens is 1. The zero-order chi connectivity index (χ0) is 20.4. The number of β-amino-alcohol motifs (C(OH)–C–C–N with tert-alkyl or cyclic N) is 1. The Morgan fingerprint density at radius 1 is 1.34 bits per heavy atom. The van der Waals surface area contributed by atoms with Gasteiger partial charge < -0.3 is 25.2 Å². The molecule has 1 unspecified atom stereocenters. The minimum atomic E-state index is -0.0914. The number of likely N-dealkylation sites (tertiary alicyclic amines) is 2. The third-order valence-electron chi connectivity index (χ3n) is 6.16. The monoisotopic (exact) mass is 399 g/mol. The number of imidazole rings is 1. The fourth-order valence-corrected chi connectivity index (χ4v) is 4.67. The molecule has 0 aliphatic carbocycles. The Morgan fingerprint density at radius 3 is 3.03 bits per heavy atom. The third kappa shape index (κ3) is 4.22. The van der Waals surface area contributed by atoms with Crippen molar-refractivity contribution >= 4 is 23.0 Å². The molecule has 1 atom stereocenters. The molecule has 156 valence electrons. The Bertz CT molecular complexity index is 911. The second kappa shape index (κ2) is 8.02.